The quantitative estimate of drug-likeness (QED) is 0.653. The molecule has 0 radical (unpaired) electrons. The minimum absolute atomic E-state index is 0.0126. The van der Waals surface area contributed by atoms with Crippen molar-refractivity contribution in [3.63, 3.8) is 0 Å². The molecule has 3 unspecified atom stereocenters. The standard InChI is InChI=1S/C15H28N2O4/c1-11(9-14(18)19)13-5-4-7-17(10-13)12(2)15(20)16-6-8-21-3/h11-13H,4-10H2,1-3H3,(H,16,20)(H,18,19). The number of piperidine rings is 1. The summed E-state index contributed by atoms with van der Waals surface area (Å²) < 4.78 is 4.92. The molecule has 1 saturated heterocycles. The Balaban J connectivity index is 2.47. The normalized spacial score (nSPS) is 22.5. The highest BCUT2D eigenvalue weighted by molar-refractivity contribution is 5.81. The molecule has 0 aromatic heterocycles. The van der Waals surface area contributed by atoms with Crippen LogP contribution in [0.2, 0.25) is 0 Å². The Morgan fingerprint density at radius 2 is 2.14 bits per heavy atom. The molecule has 1 aliphatic rings. The van der Waals surface area contributed by atoms with Crippen LogP contribution in [-0.2, 0) is 14.3 Å². The molecule has 0 spiro atoms. The van der Waals surface area contributed by atoms with Gasteiger partial charge < -0.3 is 15.2 Å². The van der Waals surface area contributed by atoms with E-state index in [-0.39, 0.29) is 24.3 Å². The van der Waals surface area contributed by atoms with Gasteiger partial charge in [0, 0.05) is 26.6 Å². The van der Waals surface area contributed by atoms with E-state index in [4.69, 9.17) is 9.84 Å². The van der Waals surface area contributed by atoms with Gasteiger partial charge in [0.1, 0.15) is 0 Å². The molecule has 0 aromatic carbocycles. The third kappa shape index (κ3) is 6.01. The first-order chi connectivity index (χ1) is 9.95. The Labute approximate surface area is 126 Å². The summed E-state index contributed by atoms with van der Waals surface area (Å²) in [4.78, 5) is 25.1. The topological polar surface area (TPSA) is 78.9 Å². The zero-order valence-corrected chi connectivity index (χ0v) is 13.3. The number of methoxy groups -OCH3 is 1. The Morgan fingerprint density at radius 1 is 1.43 bits per heavy atom. The number of hydrogen-bond donors (Lipinski definition) is 2. The fourth-order valence-electron chi connectivity index (χ4n) is 2.89. The number of aliphatic carboxylic acids is 1. The lowest BCUT2D eigenvalue weighted by Crippen LogP contribution is -2.50. The second kappa shape index (κ2) is 9.00. The van der Waals surface area contributed by atoms with Crippen LogP contribution in [0.15, 0.2) is 0 Å². The average Bonchev–Trinajstić information content (AvgIpc) is 2.46. The maximum absolute atomic E-state index is 12.1. The van der Waals surface area contributed by atoms with Crippen molar-refractivity contribution in [2.24, 2.45) is 11.8 Å². The molecule has 3 atom stereocenters. The van der Waals surface area contributed by atoms with E-state index in [1.165, 1.54) is 0 Å². The number of amides is 1. The Bertz CT molecular complexity index is 349. The summed E-state index contributed by atoms with van der Waals surface area (Å²) in [6, 6.07) is -0.179. The van der Waals surface area contributed by atoms with Crippen molar-refractivity contribution in [2.75, 3.05) is 33.4 Å². The third-order valence-corrected chi connectivity index (χ3v) is 4.32. The number of ether oxygens (including phenoxy) is 1. The number of rotatable bonds is 8. The number of likely N-dealkylation sites (tertiary alicyclic amines) is 1. The molecule has 122 valence electrons. The van der Waals surface area contributed by atoms with Gasteiger partial charge in [-0.05, 0) is 38.1 Å². The molecule has 1 fully saturated rings. The van der Waals surface area contributed by atoms with Gasteiger partial charge in [-0.25, -0.2) is 0 Å². The average molecular weight is 300 g/mol. The summed E-state index contributed by atoms with van der Waals surface area (Å²) in [5.41, 5.74) is 0. The smallest absolute Gasteiger partial charge is 0.303 e. The van der Waals surface area contributed by atoms with E-state index in [9.17, 15) is 9.59 Å². The van der Waals surface area contributed by atoms with Crippen LogP contribution in [0.5, 0.6) is 0 Å². The lowest BCUT2D eigenvalue weighted by Gasteiger charge is -2.38. The molecular weight excluding hydrogens is 272 g/mol. The molecule has 0 saturated carbocycles. The lowest BCUT2D eigenvalue weighted by atomic mass is 9.84. The van der Waals surface area contributed by atoms with Crippen LogP contribution in [0.25, 0.3) is 0 Å². The molecule has 1 heterocycles. The van der Waals surface area contributed by atoms with Crippen LogP contribution in [0.4, 0.5) is 0 Å². The minimum Gasteiger partial charge on any atom is -0.481 e. The van der Waals surface area contributed by atoms with Gasteiger partial charge in [-0.1, -0.05) is 6.92 Å². The van der Waals surface area contributed by atoms with Crippen molar-refractivity contribution in [1.82, 2.24) is 10.2 Å². The molecule has 6 nitrogen and oxygen atoms in total. The molecule has 21 heavy (non-hydrogen) atoms. The summed E-state index contributed by atoms with van der Waals surface area (Å²) in [5.74, 6) is -0.235. The van der Waals surface area contributed by atoms with Gasteiger partial charge in [0.25, 0.3) is 0 Å². The van der Waals surface area contributed by atoms with Crippen molar-refractivity contribution in [1.29, 1.82) is 0 Å². The second-order valence-corrected chi connectivity index (χ2v) is 5.93. The fraction of sp³-hybridized carbons (Fsp3) is 0.867. The minimum atomic E-state index is -0.745. The van der Waals surface area contributed by atoms with Gasteiger partial charge in [0.05, 0.1) is 12.6 Å². The highest BCUT2D eigenvalue weighted by Crippen LogP contribution is 2.27. The van der Waals surface area contributed by atoms with Gasteiger partial charge in [-0.3, -0.25) is 14.5 Å². The van der Waals surface area contributed by atoms with E-state index in [1.807, 2.05) is 13.8 Å². The van der Waals surface area contributed by atoms with E-state index in [1.54, 1.807) is 7.11 Å². The maximum atomic E-state index is 12.1. The Morgan fingerprint density at radius 3 is 2.76 bits per heavy atom. The van der Waals surface area contributed by atoms with E-state index in [0.717, 1.165) is 25.9 Å². The Hall–Kier alpha value is -1.14. The highest BCUT2D eigenvalue weighted by Gasteiger charge is 2.30. The molecule has 0 bridgehead atoms. The van der Waals surface area contributed by atoms with E-state index in [0.29, 0.717) is 19.1 Å². The lowest BCUT2D eigenvalue weighted by molar-refractivity contribution is -0.139. The maximum Gasteiger partial charge on any atom is 0.303 e. The summed E-state index contributed by atoms with van der Waals surface area (Å²) in [6.07, 6.45) is 2.26. The molecule has 1 amide bonds. The van der Waals surface area contributed by atoms with Crippen molar-refractivity contribution in [3.05, 3.63) is 0 Å². The van der Waals surface area contributed by atoms with Crippen LogP contribution in [0.3, 0.4) is 0 Å². The number of carbonyl (C=O) groups is 2. The monoisotopic (exact) mass is 300 g/mol. The number of hydrogen-bond acceptors (Lipinski definition) is 4. The SMILES string of the molecule is COCCNC(=O)C(C)N1CCCC(C(C)CC(=O)O)C1. The van der Waals surface area contributed by atoms with E-state index < -0.39 is 5.97 Å². The van der Waals surface area contributed by atoms with Gasteiger partial charge in [0.2, 0.25) is 5.91 Å². The van der Waals surface area contributed by atoms with Gasteiger partial charge in [-0.15, -0.1) is 0 Å². The molecule has 6 heteroatoms. The largest absolute Gasteiger partial charge is 0.481 e. The first-order valence-electron chi connectivity index (χ1n) is 7.68. The number of nitrogens with one attached hydrogen (secondary N) is 1. The van der Waals surface area contributed by atoms with Crippen molar-refractivity contribution in [3.8, 4) is 0 Å². The van der Waals surface area contributed by atoms with Crippen LogP contribution in [0.1, 0.15) is 33.1 Å². The molecule has 2 N–H and O–H groups in total. The predicted octanol–water partition coefficient (Wildman–Crippen LogP) is 0.960. The first-order valence-corrected chi connectivity index (χ1v) is 7.68. The van der Waals surface area contributed by atoms with Crippen LogP contribution in [0, 0.1) is 11.8 Å². The fourth-order valence-corrected chi connectivity index (χ4v) is 2.89. The van der Waals surface area contributed by atoms with Crippen LogP contribution in [-0.4, -0.2) is 61.3 Å². The molecular formula is C15H28N2O4. The number of carboxylic acids is 1. The zero-order chi connectivity index (χ0) is 15.8. The Kier molecular flexibility index (Phi) is 7.67. The van der Waals surface area contributed by atoms with E-state index in [2.05, 4.69) is 10.2 Å². The second-order valence-electron chi connectivity index (χ2n) is 5.93. The van der Waals surface area contributed by atoms with Gasteiger partial charge in [0.15, 0.2) is 0 Å². The predicted molar refractivity (Wildman–Crippen MR) is 80.1 cm³/mol. The number of carbonyl (C=O) groups excluding carboxylic acids is 1. The number of carboxylic acid groups (broad SMARTS) is 1. The van der Waals surface area contributed by atoms with Crippen molar-refractivity contribution < 1.29 is 19.4 Å². The highest BCUT2D eigenvalue weighted by atomic mass is 16.5. The van der Waals surface area contributed by atoms with Crippen molar-refractivity contribution in [2.45, 2.75) is 39.2 Å². The molecule has 0 aliphatic carbocycles. The summed E-state index contributed by atoms with van der Waals surface area (Å²) >= 11 is 0. The summed E-state index contributed by atoms with van der Waals surface area (Å²) in [5, 5.41) is 11.8. The molecule has 1 aliphatic heterocycles. The molecule has 1 rings (SSSR count). The zero-order valence-electron chi connectivity index (χ0n) is 13.3. The van der Waals surface area contributed by atoms with Crippen LogP contribution < -0.4 is 5.32 Å². The van der Waals surface area contributed by atoms with E-state index >= 15 is 0 Å². The number of nitrogens with zero attached hydrogens (tertiary/aromatic N) is 1. The van der Waals surface area contributed by atoms with Crippen LogP contribution >= 0.6 is 0 Å². The summed E-state index contributed by atoms with van der Waals surface area (Å²) in [7, 11) is 1.61. The third-order valence-electron chi connectivity index (χ3n) is 4.32. The van der Waals surface area contributed by atoms with Crippen molar-refractivity contribution >= 4 is 11.9 Å². The first kappa shape index (κ1) is 17.9. The molecule has 0 aromatic rings. The van der Waals surface area contributed by atoms with Gasteiger partial charge in [-0.2, -0.15) is 0 Å². The van der Waals surface area contributed by atoms with Gasteiger partial charge >= 0.3 is 5.97 Å². The summed E-state index contributed by atoms with van der Waals surface area (Å²) in [6.45, 7) is 6.63.